The van der Waals surface area contributed by atoms with E-state index in [2.05, 4.69) is 9.97 Å². The lowest BCUT2D eigenvalue weighted by Crippen LogP contribution is -1.93. The third-order valence-electron chi connectivity index (χ3n) is 2.06. The van der Waals surface area contributed by atoms with Gasteiger partial charge in [-0.2, -0.15) is 0 Å². The van der Waals surface area contributed by atoms with E-state index >= 15 is 0 Å². The van der Waals surface area contributed by atoms with Crippen molar-refractivity contribution in [3.05, 3.63) is 59.7 Å². The molecule has 0 saturated heterocycles. The van der Waals surface area contributed by atoms with Crippen LogP contribution in [0.1, 0.15) is 21.6 Å². The lowest BCUT2D eigenvalue weighted by atomic mass is 10.1. The van der Waals surface area contributed by atoms with E-state index in [1.807, 2.05) is 24.3 Å². The van der Waals surface area contributed by atoms with Crippen LogP contribution in [-0.4, -0.2) is 16.3 Å². The molecule has 0 aliphatic rings. The zero-order valence-electron chi connectivity index (χ0n) is 8.13. The van der Waals surface area contributed by atoms with Gasteiger partial charge in [0.15, 0.2) is 6.29 Å². The maximum absolute atomic E-state index is 10.6. The number of aldehydes is 1. The van der Waals surface area contributed by atoms with Crippen LogP contribution in [0.15, 0.2) is 42.9 Å². The third kappa shape index (κ3) is 2.47. The minimum Gasteiger partial charge on any atom is -0.298 e. The van der Waals surface area contributed by atoms with Crippen LogP contribution in [0.4, 0.5) is 0 Å². The van der Waals surface area contributed by atoms with Crippen LogP contribution in [0.3, 0.4) is 0 Å². The number of pyridine rings is 2. The first-order valence-corrected chi connectivity index (χ1v) is 4.67. The van der Waals surface area contributed by atoms with E-state index < -0.39 is 0 Å². The molecule has 74 valence electrons. The molecule has 0 amide bonds. The summed E-state index contributed by atoms with van der Waals surface area (Å²) >= 11 is 0. The van der Waals surface area contributed by atoms with Gasteiger partial charge in [-0.3, -0.25) is 14.8 Å². The van der Waals surface area contributed by atoms with Crippen LogP contribution in [-0.2, 0) is 6.42 Å². The van der Waals surface area contributed by atoms with Crippen LogP contribution >= 0.6 is 0 Å². The number of carbonyl (C=O) groups excluding carboxylic acids is 1. The highest BCUT2D eigenvalue weighted by molar-refractivity contribution is 5.74. The van der Waals surface area contributed by atoms with E-state index in [-0.39, 0.29) is 0 Å². The van der Waals surface area contributed by atoms with Crippen molar-refractivity contribution >= 4 is 6.29 Å². The van der Waals surface area contributed by atoms with Crippen molar-refractivity contribution in [3.8, 4) is 0 Å². The molecule has 15 heavy (non-hydrogen) atoms. The van der Waals surface area contributed by atoms with Crippen LogP contribution in [0.2, 0.25) is 0 Å². The van der Waals surface area contributed by atoms with Gasteiger partial charge in [-0.05, 0) is 23.8 Å². The summed E-state index contributed by atoms with van der Waals surface area (Å²) in [6, 6.07) is 7.60. The standard InChI is InChI=1S/C12H10N2O/c15-9-11-5-10(7-13-8-11)6-12-3-1-2-4-14-12/h1-5,7-9H,6H2. The van der Waals surface area contributed by atoms with E-state index in [4.69, 9.17) is 0 Å². The Morgan fingerprint density at radius 3 is 2.93 bits per heavy atom. The topological polar surface area (TPSA) is 42.9 Å². The third-order valence-corrected chi connectivity index (χ3v) is 2.06. The highest BCUT2D eigenvalue weighted by Gasteiger charge is 1.98. The lowest BCUT2D eigenvalue weighted by molar-refractivity contribution is 0.112. The van der Waals surface area contributed by atoms with Gasteiger partial charge < -0.3 is 0 Å². The summed E-state index contributed by atoms with van der Waals surface area (Å²) in [5.74, 6) is 0. The van der Waals surface area contributed by atoms with Crippen LogP contribution in [0.25, 0.3) is 0 Å². The van der Waals surface area contributed by atoms with Crippen molar-refractivity contribution in [1.82, 2.24) is 9.97 Å². The quantitative estimate of drug-likeness (QED) is 0.707. The SMILES string of the molecule is O=Cc1cncc(Cc2ccccn2)c1. The second-order valence-electron chi connectivity index (χ2n) is 3.24. The Hall–Kier alpha value is -2.03. The van der Waals surface area contributed by atoms with Crippen molar-refractivity contribution in [2.24, 2.45) is 0 Å². The van der Waals surface area contributed by atoms with E-state index in [9.17, 15) is 4.79 Å². The molecule has 0 bridgehead atoms. The molecule has 2 aromatic heterocycles. The summed E-state index contributed by atoms with van der Waals surface area (Å²) in [7, 11) is 0. The predicted octanol–water partition coefficient (Wildman–Crippen LogP) is 1.88. The summed E-state index contributed by atoms with van der Waals surface area (Å²) in [6.45, 7) is 0. The molecule has 2 aromatic rings. The molecule has 0 atom stereocenters. The van der Waals surface area contributed by atoms with Crippen LogP contribution in [0, 0.1) is 0 Å². The minimum absolute atomic E-state index is 0.600. The number of nitrogens with zero attached hydrogens (tertiary/aromatic N) is 2. The highest BCUT2D eigenvalue weighted by Crippen LogP contribution is 2.06. The van der Waals surface area contributed by atoms with E-state index in [0.717, 1.165) is 17.5 Å². The van der Waals surface area contributed by atoms with E-state index in [1.165, 1.54) is 0 Å². The van der Waals surface area contributed by atoms with Crippen molar-refractivity contribution in [2.75, 3.05) is 0 Å². The Kier molecular flexibility index (Phi) is 2.83. The average molecular weight is 198 g/mol. The lowest BCUT2D eigenvalue weighted by Gasteiger charge is -2.00. The fourth-order valence-corrected chi connectivity index (χ4v) is 1.38. The number of aromatic nitrogens is 2. The molecule has 0 radical (unpaired) electrons. The molecular formula is C12H10N2O. The second-order valence-corrected chi connectivity index (χ2v) is 3.24. The average Bonchev–Trinajstić information content (AvgIpc) is 2.31. The summed E-state index contributed by atoms with van der Waals surface area (Å²) in [5, 5.41) is 0. The summed E-state index contributed by atoms with van der Waals surface area (Å²) in [6.07, 6.45) is 6.56. The monoisotopic (exact) mass is 198 g/mol. The Balaban J connectivity index is 2.21. The second kappa shape index (κ2) is 4.46. The number of hydrogen-bond donors (Lipinski definition) is 0. The Morgan fingerprint density at radius 2 is 2.20 bits per heavy atom. The van der Waals surface area contributed by atoms with Gasteiger partial charge in [-0.15, -0.1) is 0 Å². The van der Waals surface area contributed by atoms with E-state index in [1.54, 1.807) is 18.6 Å². The zero-order chi connectivity index (χ0) is 10.5. The smallest absolute Gasteiger partial charge is 0.151 e. The zero-order valence-corrected chi connectivity index (χ0v) is 8.13. The van der Waals surface area contributed by atoms with Crippen molar-refractivity contribution in [1.29, 1.82) is 0 Å². The summed E-state index contributed by atoms with van der Waals surface area (Å²) in [5.41, 5.74) is 2.57. The molecule has 2 heterocycles. The van der Waals surface area contributed by atoms with Gasteiger partial charge in [0.1, 0.15) is 0 Å². The molecular weight excluding hydrogens is 188 g/mol. The molecule has 3 nitrogen and oxygen atoms in total. The fraction of sp³-hybridized carbons (Fsp3) is 0.0833. The first-order chi connectivity index (χ1) is 7.38. The van der Waals surface area contributed by atoms with Gasteiger partial charge in [-0.1, -0.05) is 6.07 Å². The maximum Gasteiger partial charge on any atom is 0.151 e. The van der Waals surface area contributed by atoms with Gasteiger partial charge >= 0.3 is 0 Å². The first-order valence-electron chi connectivity index (χ1n) is 4.67. The molecule has 0 aromatic carbocycles. The molecule has 2 rings (SSSR count). The molecule has 0 unspecified atom stereocenters. The molecule has 3 heteroatoms. The molecule has 0 aliphatic heterocycles. The molecule has 0 saturated carbocycles. The largest absolute Gasteiger partial charge is 0.298 e. The molecule has 0 aliphatic carbocycles. The minimum atomic E-state index is 0.600. The number of carbonyl (C=O) groups is 1. The predicted molar refractivity (Wildman–Crippen MR) is 56.7 cm³/mol. The molecule has 0 spiro atoms. The highest BCUT2D eigenvalue weighted by atomic mass is 16.1. The van der Waals surface area contributed by atoms with Crippen LogP contribution < -0.4 is 0 Å². The first kappa shape index (κ1) is 9.52. The van der Waals surface area contributed by atoms with Gasteiger partial charge in [0.2, 0.25) is 0 Å². The van der Waals surface area contributed by atoms with Gasteiger partial charge in [-0.25, -0.2) is 0 Å². The van der Waals surface area contributed by atoms with Gasteiger partial charge in [0, 0.05) is 36.3 Å². The van der Waals surface area contributed by atoms with Gasteiger partial charge in [0.25, 0.3) is 0 Å². The van der Waals surface area contributed by atoms with Crippen LogP contribution in [0.5, 0.6) is 0 Å². The normalized spacial score (nSPS) is 9.87. The van der Waals surface area contributed by atoms with Crippen molar-refractivity contribution in [2.45, 2.75) is 6.42 Å². The van der Waals surface area contributed by atoms with E-state index in [0.29, 0.717) is 12.0 Å². The Labute approximate surface area is 87.8 Å². The number of hydrogen-bond acceptors (Lipinski definition) is 3. The molecule has 0 N–H and O–H groups in total. The van der Waals surface area contributed by atoms with Gasteiger partial charge in [0.05, 0.1) is 0 Å². The Morgan fingerprint density at radius 1 is 1.27 bits per heavy atom. The summed E-state index contributed by atoms with van der Waals surface area (Å²) < 4.78 is 0. The number of rotatable bonds is 3. The molecule has 0 fully saturated rings. The maximum atomic E-state index is 10.6. The summed E-state index contributed by atoms with van der Waals surface area (Å²) in [4.78, 5) is 18.8. The van der Waals surface area contributed by atoms with Crippen molar-refractivity contribution < 1.29 is 4.79 Å². The van der Waals surface area contributed by atoms with Crippen molar-refractivity contribution in [3.63, 3.8) is 0 Å². The Bertz CT molecular complexity index is 454. The fourth-order valence-electron chi connectivity index (χ4n) is 1.38.